The van der Waals surface area contributed by atoms with E-state index in [0.717, 1.165) is 39.0 Å². The fraction of sp³-hybridized carbons (Fsp3) is 0. The van der Waals surface area contributed by atoms with Crippen molar-refractivity contribution in [2.24, 2.45) is 0 Å². The van der Waals surface area contributed by atoms with Gasteiger partial charge < -0.3 is 9.32 Å². The molecule has 0 saturated carbocycles. The Bertz CT molecular complexity index is 2750. The van der Waals surface area contributed by atoms with Crippen molar-refractivity contribution in [3.63, 3.8) is 0 Å². The third kappa shape index (κ3) is 3.59. The molecule has 206 valence electrons. The average molecular weight is 598 g/mol. The van der Waals surface area contributed by atoms with Gasteiger partial charge in [-0.15, -0.1) is 22.7 Å². The van der Waals surface area contributed by atoms with Crippen molar-refractivity contribution in [1.82, 2.24) is 0 Å². The average Bonchev–Trinajstić information content (AvgIpc) is 3.74. The first-order valence-corrected chi connectivity index (χ1v) is 16.4. The van der Waals surface area contributed by atoms with Crippen molar-refractivity contribution in [2.45, 2.75) is 0 Å². The number of furan rings is 1. The summed E-state index contributed by atoms with van der Waals surface area (Å²) in [6.07, 6.45) is 0. The molecule has 0 aliphatic carbocycles. The molecule has 7 aromatic carbocycles. The Morgan fingerprint density at radius 2 is 0.955 bits per heavy atom. The summed E-state index contributed by atoms with van der Waals surface area (Å²) in [5.41, 5.74) is 5.11. The van der Waals surface area contributed by atoms with Crippen LogP contribution in [0.4, 0.5) is 17.1 Å². The topological polar surface area (TPSA) is 16.4 Å². The molecule has 0 atom stereocenters. The van der Waals surface area contributed by atoms with Crippen LogP contribution in [0, 0.1) is 0 Å². The number of hydrogen-bond acceptors (Lipinski definition) is 4. The van der Waals surface area contributed by atoms with Crippen molar-refractivity contribution in [1.29, 1.82) is 0 Å². The number of hydrogen-bond donors (Lipinski definition) is 0. The minimum atomic E-state index is 0.892. The number of rotatable bonds is 3. The standard InChI is InChI=1S/C40H23NOS2/c1-4-10-35-29(7-1)30-17-15-28(23-36(30)42-35)41(27-16-18-39-34(22-27)32-9-3-5-11-37(32)43-39)26-14-13-24-21-40-33(20-25(24)19-26)31-8-2-6-12-38(31)44-40/h1-23H. The molecule has 3 heterocycles. The molecule has 0 fully saturated rings. The highest BCUT2D eigenvalue weighted by atomic mass is 32.1. The second-order valence-electron chi connectivity index (χ2n) is 11.4. The Morgan fingerprint density at radius 1 is 0.364 bits per heavy atom. The van der Waals surface area contributed by atoms with Crippen molar-refractivity contribution >= 4 is 113 Å². The zero-order valence-electron chi connectivity index (χ0n) is 23.5. The minimum Gasteiger partial charge on any atom is -0.456 e. The van der Waals surface area contributed by atoms with Crippen molar-refractivity contribution in [3.8, 4) is 0 Å². The SMILES string of the molecule is c1ccc2c(c1)oc1cc(N(c3ccc4cc5sc6ccccc6c5cc4c3)c3ccc4sc5ccccc5c4c3)ccc12. The first-order valence-electron chi connectivity index (χ1n) is 14.7. The van der Waals surface area contributed by atoms with Gasteiger partial charge in [0.2, 0.25) is 0 Å². The molecular formula is C40H23NOS2. The predicted molar refractivity (Wildman–Crippen MR) is 192 cm³/mol. The van der Waals surface area contributed by atoms with Crippen LogP contribution in [0.25, 0.3) is 73.1 Å². The van der Waals surface area contributed by atoms with Crippen LogP contribution < -0.4 is 4.90 Å². The van der Waals surface area contributed by atoms with Gasteiger partial charge in [0.1, 0.15) is 11.2 Å². The Kier molecular flexibility index (Phi) is 5.06. The summed E-state index contributed by atoms with van der Waals surface area (Å²) in [4.78, 5) is 2.37. The fourth-order valence-corrected chi connectivity index (χ4v) is 8.97. The van der Waals surface area contributed by atoms with Crippen LogP contribution >= 0.6 is 22.7 Å². The molecule has 0 radical (unpaired) electrons. The molecule has 0 unspecified atom stereocenters. The second-order valence-corrected chi connectivity index (χ2v) is 13.5. The molecule has 0 saturated heterocycles. The summed E-state index contributed by atoms with van der Waals surface area (Å²) in [6.45, 7) is 0. The van der Waals surface area contributed by atoms with Gasteiger partial charge in [-0.05, 0) is 83.6 Å². The van der Waals surface area contributed by atoms with E-state index in [-0.39, 0.29) is 0 Å². The Hall–Kier alpha value is -5.16. The molecule has 0 spiro atoms. The molecule has 2 nitrogen and oxygen atoms in total. The van der Waals surface area contributed by atoms with Crippen LogP contribution in [-0.4, -0.2) is 0 Å². The molecule has 10 rings (SSSR count). The lowest BCUT2D eigenvalue weighted by Gasteiger charge is -2.26. The van der Waals surface area contributed by atoms with Gasteiger partial charge >= 0.3 is 0 Å². The summed E-state index contributed by atoms with van der Waals surface area (Å²) in [7, 11) is 0. The first kappa shape index (κ1) is 24.3. The Balaban J connectivity index is 1.22. The van der Waals surface area contributed by atoms with Crippen LogP contribution in [0.5, 0.6) is 0 Å². The lowest BCUT2D eigenvalue weighted by atomic mass is 10.0. The summed E-state index contributed by atoms with van der Waals surface area (Å²) in [6, 6.07) is 50.7. The maximum absolute atomic E-state index is 6.36. The van der Waals surface area contributed by atoms with E-state index in [4.69, 9.17) is 4.42 Å². The number of anilines is 3. The molecule has 0 aliphatic rings. The van der Waals surface area contributed by atoms with Gasteiger partial charge in [0.15, 0.2) is 0 Å². The van der Waals surface area contributed by atoms with Crippen LogP contribution in [0.3, 0.4) is 0 Å². The fourth-order valence-electron chi connectivity index (χ4n) is 6.75. The molecule has 4 heteroatoms. The third-order valence-corrected chi connectivity index (χ3v) is 11.1. The van der Waals surface area contributed by atoms with Gasteiger partial charge in [0, 0.05) is 74.2 Å². The van der Waals surface area contributed by atoms with Crippen LogP contribution in [0.15, 0.2) is 144 Å². The Morgan fingerprint density at radius 3 is 1.80 bits per heavy atom. The molecule has 0 N–H and O–H groups in total. The maximum Gasteiger partial charge on any atom is 0.137 e. The zero-order valence-corrected chi connectivity index (χ0v) is 25.1. The van der Waals surface area contributed by atoms with Gasteiger partial charge in [-0.25, -0.2) is 0 Å². The summed E-state index contributed by atoms with van der Waals surface area (Å²) in [5, 5.41) is 9.98. The first-order chi connectivity index (χ1) is 21.8. The highest BCUT2D eigenvalue weighted by Gasteiger charge is 2.18. The lowest BCUT2D eigenvalue weighted by molar-refractivity contribution is 0.669. The molecule has 0 amide bonds. The molecule has 0 bridgehead atoms. The molecule has 44 heavy (non-hydrogen) atoms. The van der Waals surface area contributed by atoms with Crippen molar-refractivity contribution in [2.75, 3.05) is 4.90 Å². The van der Waals surface area contributed by atoms with E-state index in [1.807, 2.05) is 34.8 Å². The number of fused-ring (bicyclic) bond motifs is 10. The van der Waals surface area contributed by atoms with E-state index in [1.54, 1.807) is 0 Å². The number of thiophene rings is 2. The monoisotopic (exact) mass is 597 g/mol. The van der Waals surface area contributed by atoms with E-state index >= 15 is 0 Å². The van der Waals surface area contributed by atoms with Gasteiger partial charge in [0.05, 0.1) is 0 Å². The molecule has 10 aromatic rings. The highest BCUT2D eigenvalue weighted by Crippen LogP contribution is 2.43. The van der Waals surface area contributed by atoms with Gasteiger partial charge in [0.25, 0.3) is 0 Å². The summed E-state index contributed by atoms with van der Waals surface area (Å²) in [5.74, 6) is 0. The third-order valence-electron chi connectivity index (χ3n) is 8.82. The van der Waals surface area contributed by atoms with Crippen molar-refractivity contribution in [3.05, 3.63) is 140 Å². The molecule has 0 aliphatic heterocycles. The number of para-hydroxylation sites is 1. The van der Waals surface area contributed by atoms with Crippen LogP contribution in [-0.2, 0) is 0 Å². The largest absolute Gasteiger partial charge is 0.456 e. The minimum absolute atomic E-state index is 0.892. The van der Waals surface area contributed by atoms with E-state index in [9.17, 15) is 0 Å². The van der Waals surface area contributed by atoms with E-state index in [2.05, 4.69) is 132 Å². The lowest BCUT2D eigenvalue weighted by Crippen LogP contribution is -2.09. The van der Waals surface area contributed by atoms with Gasteiger partial charge in [-0.3, -0.25) is 0 Å². The second kappa shape index (κ2) is 9.17. The Labute approximate surface area is 260 Å². The summed E-state index contributed by atoms with van der Waals surface area (Å²) < 4.78 is 11.6. The molecule has 3 aromatic heterocycles. The molecular weight excluding hydrogens is 575 g/mol. The number of benzene rings is 7. The smallest absolute Gasteiger partial charge is 0.137 e. The zero-order chi connectivity index (χ0) is 28.8. The van der Waals surface area contributed by atoms with Crippen LogP contribution in [0.2, 0.25) is 0 Å². The summed E-state index contributed by atoms with van der Waals surface area (Å²) >= 11 is 3.72. The van der Waals surface area contributed by atoms with E-state index < -0.39 is 0 Å². The van der Waals surface area contributed by atoms with Crippen LogP contribution in [0.1, 0.15) is 0 Å². The maximum atomic E-state index is 6.36. The number of nitrogens with zero attached hydrogens (tertiary/aromatic N) is 1. The van der Waals surface area contributed by atoms with Gasteiger partial charge in [-0.1, -0.05) is 60.7 Å². The normalized spacial score (nSPS) is 12.1. The highest BCUT2D eigenvalue weighted by molar-refractivity contribution is 7.26. The predicted octanol–water partition coefficient (Wildman–Crippen LogP) is 12.9. The van der Waals surface area contributed by atoms with E-state index in [1.165, 1.54) is 51.1 Å². The quantitative estimate of drug-likeness (QED) is 0.201. The van der Waals surface area contributed by atoms with Gasteiger partial charge in [-0.2, -0.15) is 0 Å². The van der Waals surface area contributed by atoms with Crippen molar-refractivity contribution < 1.29 is 4.42 Å². The van der Waals surface area contributed by atoms with E-state index in [0.29, 0.717) is 0 Å².